The Morgan fingerprint density at radius 2 is 1.69 bits per heavy atom. The summed E-state index contributed by atoms with van der Waals surface area (Å²) in [5, 5.41) is 2.65. The summed E-state index contributed by atoms with van der Waals surface area (Å²) in [5.74, 6) is 0. The Morgan fingerprint density at radius 1 is 1.12 bits per heavy atom. The number of hydrogen-bond donors (Lipinski definition) is 1. The molecule has 2 rings (SSSR count). The van der Waals surface area contributed by atoms with Crippen LogP contribution in [0.25, 0.3) is 0 Å². The van der Waals surface area contributed by atoms with Gasteiger partial charge >= 0.3 is 0 Å². The van der Waals surface area contributed by atoms with Crippen molar-refractivity contribution in [3.63, 3.8) is 0 Å². The van der Waals surface area contributed by atoms with E-state index in [4.69, 9.17) is 11.6 Å². The summed E-state index contributed by atoms with van der Waals surface area (Å²) in [4.78, 5) is 10.5. The third kappa shape index (κ3) is 5.45. The number of carbonyl (C=O) groups is 1. The van der Waals surface area contributed by atoms with E-state index in [0.717, 1.165) is 0 Å². The zero-order valence-corrected chi connectivity index (χ0v) is 10.7. The van der Waals surface area contributed by atoms with E-state index in [1.54, 1.807) is 24.3 Å². The maximum absolute atomic E-state index is 10.5. The molecule has 0 radical (unpaired) electrons. The second-order valence-corrected chi connectivity index (χ2v) is 4.53. The van der Waals surface area contributed by atoms with Crippen molar-refractivity contribution in [3.8, 4) is 0 Å². The number of nitrogens with two attached hydrogens (primary N) is 1. The topological polar surface area (TPSA) is 33.7 Å². The molecule has 0 amide bonds. The van der Waals surface area contributed by atoms with Gasteiger partial charge in [0.1, 0.15) is 0 Å². The van der Waals surface area contributed by atoms with Gasteiger partial charge in [-0.3, -0.25) is 0 Å². The first-order valence-electron chi connectivity index (χ1n) is 5.49. The van der Waals surface area contributed by atoms with Crippen LogP contribution in [-0.2, 0) is 12.6 Å². The standard InChI is InChI=1S/C7H5ClOS.C5H11N/c8-6-3-1-5(2-4-6)7(9)10;1-2-4-6-5-3-1/h1-4H,(H,9,10);6H,1-5H2. The van der Waals surface area contributed by atoms with E-state index >= 15 is 0 Å². The van der Waals surface area contributed by atoms with Gasteiger partial charge in [0.15, 0.2) is 0 Å². The second kappa shape index (κ2) is 7.60. The van der Waals surface area contributed by atoms with Crippen LogP contribution < -0.4 is 5.32 Å². The lowest BCUT2D eigenvalue weighted by Gasteiger charge is -2.05. The Bertz CT molecular complexity index is 311. The molecule has 1 aromatic carbocycles. The number of rotatable bonds is 1. The number of hydrogen-bond acceptors (Lipinski definition) is 2. The van der Waals surface area contributed by atoms with Crippen molar-refractivity contribution < 1.29 is 10.1 Å². The van der Waals surface area contributed by atoms with Crippen LogP contribution in [0, 0.1) is 0 Å². The van der Waals surface area contributed by atoms with Crippen LogP contribution in [0.3, 0.4) is 0 Å². The highest BCUT2D eigenvalue weighted by Crippen LogP contribution is 2.09. The predicted octanol–water partition coefficient (Wildman–Crippen LogP) is 1.76. The molecule has 1 aliphatic heterocycles. The van der Waals surface area contributed by atoms with Gasteiger partial charge in [-0.05, 0) is 37.0 Å². The fourth-order valence-electron chi connectivity index (χ4n) is 1.48. The first-order chi connectivity index (χ1) is 7.70. The SMILES string of the molecule is C1CC[NH2+]CC1.O=C([S-])c1ccc(Cl)cc1. The van der Waals surface area contributed by atoms with Crippen molar-refractivity contribution in [2.24, 2.45) is 0 Å². The lowest BCUT2D eigenvalue weighted by Crippen LogP contribution is -2.85. The third-order valence-corrected chi connectivity index (χ3v) is 2.88. The Balaban J connectivity index is 0.000000181. The number of piperidine rings is 1. The van der Waals surface area contributed by atoms with Gasteiger partial charge in [-0.1, -0.05) is 23.7 Å². The maximum atomic E-state index is 10.5. The van der Waals surface area contributed by atoms with Gasteiger partial charge in [0.05, 0.1) is 13.1 Å². The van der Waals surface area contributed by atoms with E-state index < -0.39 is 0 Å². The molecule has 16 heavy (non-hydrogen) atoms. The molecule has 1 fully saturated rings. The highest BCUT2D eigenvalue weighted by molar-refractivity contribution is 7.77. The summed E-state index contributed by atoms with van der Waals surface area (Å²) in [7, 11) is 0. The van der Waals surface area contributed by atoms with Crippen LogP contribution >= 0.6 is 11.6 Å². The van der Waals surface area contributed by atoms with Crippen molar-refractivity contribution in [2.75, 3.05) is 13.1 Å². The number of carbonyl (C=O) groups excluding carboxylic acids is 1. The minimum absolute atomic E-state index is 0.350. The van der Waals surface area contributed by atoms with E-state index in [0.29, 0.717) is 10.6 Å². The van der Waals surface area contributed by atoms with Gasteiger partial charge in [-0.2, -0.15) is 0 Å². The molecule has 0 aromatic heterocycles. The van der Waals surface area contributed by atoms with Gasteiger partial charge in [0, 0.05) is 10.1 Å². The highest BCUT2D eigenvalue weighted by Gasteiger charge is 1.97. The predicted molar refractivity (Wildman–Crippen MR) is 68.7 cm³/mol. The molecular weight excluding hydrogens is 242 g/mol. The van der Waals surface area contributed by atoms with Gasteiger partial charge in [0.2, 0.25) is 0 Å². The van der Waals surface area contributed by atoms with Crippen molar-refractivity contribution in [1.29, 1.82) is 0 Å². The fourth-order valence-corrected chi connectivity index (χ4v) is 1.75. The van der Waals surface area contributed by atoms with Crippen LogP contribution in [0.4, 0.5) is 0 Å². The van der Waals surface area contributed by atoms with E-state index in [9.17, 15) is 4.79 Å². The van der Waals surface area contributed by atoms with Crippen molar-refractivity contribution >= 4 is 29.3 Å². The molecule has 88 valence electrons. The Hall–Kier alpha value is -0.640. The molecule has 1 aromatic rings. The molecule has 2 N–H and O–H groups in total. The van der Waals surface area contributed by atoms with Gasteiger partial charge in [-0.25, -0.2) is 0 Å². The molecule has 0 aliphatic carbocycles. The average molecular weight is 258 g/mol. The van der Waals surface area contributed by atoms with Gasteiger partial charge < -0.3 is 22.7 Å². The van der Waals surface area contributed by atoms with E-state index in [1.165, 1.54) is 32.4 Å². The van der Waals surface area contributed by atoms with Gasteiger partial charge in [0.25, 0.3) is 0 Å². The number of halogens is 1. The molecule has 0 saturated carbocycles. The third-order valence-electron chi connectivity index (χ3n) is 2.40. The maximum Gasteiger partial charge on any atom is 0.0755 e. The van der Waals surface area contributed by atoms with Crippen molar-refractivity contribution in [3.05, 3.63) is 34.9 Å². The molecule has 4 heteroatoms. The Labute approximate surface area is 107 Å². The number of benzene rings is 1. The lowest BCUT2D eigenvalue weighted by molar-refractivity contribution is -0.662. The summed E-state index contributed by atoms with van der Waals surface area (Å²) >= 11 is 9.98. The molecule has 0 unspecified atom stereocenters. The summed E-state index contributed by atoms with van der Waals surface area (Å²) in [6.07, 6.45) is 4.36. The van der Waals surface area contributed by atoms with Crippen LogP contribution in [0.5, 0.6) is 0 Å². The summed E-state index contributed by atoms with van der Waals surface area (Å²) < 4.78 is 0. The molecule has 0 spiro atoms. The largest absolute Gasteiger partial charge is 0.737 e. The first-order valence-corrected chi connectivity index (χ1v) is 6.27. The average Bonchev–Trinajstić information content (AvgIpc) is 2.32. The normalized spacial score (nSPS) is 14.8. The van der Waals surface area contributed by atoms with E-state index in [2.05, 4.69) is 17.9 Å². The molecule has 0 atom stereocenters. The van der Waals surface area contributed by atoms with Crippen molar-refractivity contribution in [2.45, 2.75) is 19.3 Å². The molecule has 2 nitrogen and oxygen atoms in total. The summed E-state index contributed by atoms with van der Waals surface area (Å²) in [5.41, 5.74) is 0.513. The monoisotopic (exact) mass is 257 g/mol. The van der Waals surface area contributed by atoms with Crippen LogP contribution in [0.1, 0.15) is 29.6 Å². The first kappa shape index (κ1) is 13.4. The molecule has 1 saturated heterocycles. The summed E-state index contributed by atoms with van der Waals surface area (Å²) in [6.45, 7) is 2.75. The second-order valence-electron chi connectivity index (χ2n) is 3.72. The zero-order valence-electron chi connectivity index (χ0n) is 9.12. The molecule has 0 bridgehead atoms. The summed E-state index contributed by atoms with van der Waals surface area (Å²) in [6, 6.07) is 6.50. The lowest BCUT2D eigenvalue weighted by atomic mass is 10.2. The minimum atomic E-state index is -0.350. The van der Waals surface area contributed by atoms with Crippen molar-refractivity contribution in [1.82, 2.24) is 0 Å². The van der Waals surface area contributed by atoms with Crippen LogP contribution in [0.15, 0.2) is 24.3 Å². The number of quaternary nitrogens is 1. The highest BCUT2D eigenvalue weighted by atomic mass is 35.5. The van der Waals surface area contributed by atoms with Crippen LogP contribution in [-0.4, -0.2) is 18.2 Å². The molecular formula is C12H16ClNOS. The van der Waals surface area contributed by atoms with Gasteiger partial charge in [-0.15, -0.1) is 0 Å². The Kier molecular flexibility index (Phi) is 6.38. The smallest absolute Gasteiger partial charge is 0.0755 e. The molecule has 1 heterocycles. The Morgan fingerprint density at radius 3 is 2.00 bits per heavy atom. The minimum Gasteiger partial charge on any atom is -0.737 e. The van der Waals surface area contributed by atoms with E-state index in [1.807, 2.05) is 0 Å². The van der Waals surface area contributed by atoms with E-state index in [-0.39, 0.29) is 5.12 Å². The molecule has 1 aliphatic rings. The fraction of sp³-hybridized carbons (Fsp3) is 0.417. The van der Waals surface area contributed by atoms with Crippen LogP contribution in [0.2, 0.25) is 5.02 Å². The quantitative estimate of drug-likeness (QED) is 0.778. The zero-order chi connectivity index (χ0) is 11.8.